The maximum absolute atomic E-state index is 12.0. The van der Waals surface area contributed by atoms with Gasteiger partial charge >= 0.3 is 0 Å². The largest absolute Gasteiger partial charge is 0.352 e. The molecule has 1 heterocycles. The molecule has 4 nitrogen and oxygen atoms in total. The van der Waals surface area contributed by atoms with Crippen LogP contribution in [0.1, 0.15) is 27.9 Å². The van der Waals surface area contributed by atoms with E-state index in [9.17, 15) is 4.79 Å². The van der Waals surface area contributed by atoms with Crippen LogP contribution in [-0.4, -0.2) is 22.2 Å². The summed E-state index contributed by atoms with van der Waals surface area (Å²) in [4.78, 5) is 12.0. The fourth-order valence-corrected chi connectivity index (χ4v) is 2.22. The van der Waals surface area contributed by atoms with Crippen LogP contribution in [-0.2, 0) is 6.54 Å². The molecule has 5 heteroatoms. The second-order valence-corrected chi connectivity index (χ2v) is 5.75. The molecule has 1 N–H and O–H groups in total. The Morgan fingerprint density at radius 1 is 1.35 bits per heavy atom. The second kappa shape index (κ2) is 6.70. The minimum atomic E-state index is -0.0188. The van der Waals surface area contributed by atoms with E-state index in [4.69, 9.17) is 0 Å². The van der Waals surface area contributed by atoms with Gasteiger partial charge in [-0.05, 0) is 59.5 Å². The second-order valence-electron chi connectivity index (χ2n) is 4.83. The van der Waals surface area contributed by atoms with E-state index in [-0.39, 0.29) is 5.91 Å². The van der Waals surface area contributed by atoms with Crippen molar-refractivity contribution in [3.05, 3.63) is 51.8 Å². The SMILES string of the molecule is Cc1ccc(C(=O)NCCCn2cc(Br)cn2)cc1C. The highest BCUT2D eigenvalue weighted by Gasteiger charge is 2.05. The van der Waals surface area contributed by atoms with E-state index >= 15 is 0 Å². The summed E-state index contributed by atoms with van der Waals surface area (Å²) in [6, 6.07) is 5.77. The van der Waals surface area contributed by atoms with Crippen LogP contribution in [0.25, 0.3) is 0 Å². The van der Waals surface area contributed by atoms with Gasteiger partial charge in [-0.3, -0.25) is 9.48 Å². The number of aryl methyl sites for hydroxylation is 3. The molecular formula is C15H18BrN3O. The molecule has 2 aromatic rings. The number of rotatable bonds is 5. The molecule has 0 fully saturated rings. The van der Waals surface area contributed by atoms with E-state index in [0.29, 0.717) is 6.54 Å². The fraction of sp³-hybridized carbons (Fsp3) is 0.333. The van der Waals surface area contributed by atoms with Gasteiger partial charge in [0.2, 0.25) is 0 Å². The standard InChI is InChI=1S/C15H18BrN3O/c1-11-4-5-13(8-12(11)2)15(20)17-6-3-7-19-10-14(16)9-18-19/h4-5,8-10H,3,6-7H2,1-2H3,(H,17,20). The lowest BCUT2D eigenvalue weighted by atomic mass is 10.1. The van der Waals surface area contributed by atoms with Crippen LogP contribution in [0.15, 0.2) is 35.1 Å². The number of carbonyl (C=O) groups is 1. The molecule has 1 aromatic carbocycles. The first-order valence-electron chi connectivity index (χ1n) is 6.59. The van der Waals surface area contributed by atoms with Gasteiger partial charge in [-0.2, -0.15) is 5.10 Å². The summed E-state index contributed by atoms with van der Waals surface area (Å²) in [5.74, 6) is -0.0188. The van der Waals surface area contributed by atoms with Gasteiger partial charge in [0.1, 0.15) is 0 Å². The van der Waals surface area contributed by atoms with E-state index in [1.807, 2.05) is 42.9 Å². The maximum Gasteiger partial charge on any atom is 0.251 e. The Kier molecular flexibility index (Phi) is 4.95. The first-order chi connectivity index (χ1) is 9.56. The highest BCUT2D eigenvalue weighted by atomic mass is 79.9. The first kappa shape index (κ1) is 14.8. The summed E-state index contributed by atoms with van der Waals surface area (Å²) in [6.45, 7) is 5.49. The third-order valence-electron chi connectivity index (χ3n) is 3.22. The Bertz CT molecular complexity index is 607. The van der Waals surface area contributed by atoms with Crippen LogP contribution >= 0.6 is 15.9 Å². The van der Waals surface area contributed by atoms with Gasteiger partial charge in [0.05, 0.1) is 10.7 Å². The smallest absolute Gasteiger partial charge is 0.251 e. The van der Waals surface area contributed by atoms with Crippen molar-refractivity contribution in [2.24, 2.45) is 0 Å². The Morgan fingerprint density at radius 3 is 2.80 bits per heavy atom. The number of nitrogens with one attached hydrogen (secondary N) is 1. The Balaban J connectivity index is 1.78. The minimum Gasteiger partial charge on any atom is -0.352 e. The molecule has 0 saturated carbocycles. The van der Waals surface area contributed by atoms with Crippen molar-refractivity contribution in [1.29, 1.82) is 0 Å². The molecule has 1 amide bonds. The zero-order valence-corrected chi connectivity index (χ0v) is 13.3. The molecule has 0 unspecified atom stereocenters. The minimum absolute atomic E-state index is 0.0188. The van der Waals surface area contributed by atoms with E-state index in [1.165, 1.54) is 5.56 Å². The van der Waals surface area contributed by atoms with Gasteiger partial charge in [-0.15, -0.1) is 0 Å². The number of aromatic nitrogens is 2. The van der Waals surface area contributed by atoms with Crippen molar-refractivity contribution >= 4 is 21.8 Å². The molecular weight excluding hydrogens is 318 g/mol. The summed E-state index contributed by atoms with van der Waals surface area (Å²) in [6.07, 6.45) is 4.53. The van der Waals surface area contributed by atoms with Crippen molar-refractivity contribution < 1.29 is 4.79 Å². The van der Waals surface area contributed by atoms with Crippen LogP contribution in [0.3, 0.4) is 0 Å². The summed E-state index contributed by atoms with van der Waals surface area (Å²) in [5.41, 5.74) is 3.06. The lowest BCUT2D eigenvalue weighted by molar-refractivity contribution is 0.0952. The number of hydrogen-bond acceptors (Lipinski definition) is 2. The lowest BCUT2D eigenvalue weighted by Crippen LogP contribution is -2.25. The zero-order valence-electron chi connectivity index (χ0n) is 11.7. The average molecular weight is 336 g/mol. The van der Waals surface area contributed by atoms with E-state index < -0.39 is 0 Å². The Morgan fingerprint density at radius 2 is 2.15 bits per heavy atom. The third-order valence-corrected chi connectivity index (χ3v) is 3.63. The molecule has 0 aliphatic rings. The number of carbonyl (C=O) groups excluding carboxylic acids is 1. The quantitative estimate of drug-likeness (QED) is 0.853. The van der Waals surface area contributed by atoms with Crippen LogP contribution in [0.4, 0.5) is 0 Å². The van der Waals surface area contributed by atoms with Gasteiger partial charge in [0.25, 0.3) is 5.91 Å². The molecule has 0 radical (unpaired) electrons. The third kappa shape index (κ3) is 3.93. The molecule has 2 rings (SSSR count). The normalized spacial score (nSPS) is 10.6. The molecule has 0 spiro atoms. The highest BCUT2D eigenvalue weighted by Crippen LogP contribution is 2.09. The predicted molar refractivity (Wildman–Crippen MR) is 82.8 cm³/mol. The van der Waals surface area contributed by atoms with E-state index in [0.717, 1.165) is 28.6 Å². The first-order valence-corrected chi connectivity index (χ1v) is 7.39. The van der Waals surface area contributed by atoms with Gasteiger partial charge in [-0.1, -0.05) is 6.07 Å². The van der Waals surface area contributed by atoms with Gasteiger partial charge in [0.15, 0.2) is 0 Å². The Hall–Kier alpha value is -1.62. The van der Waals surface area contributed by atoms with Crippen LogP contribution in [0.2, 0.25) is 0 Å². The topological polar surface area (TPSA) is 46.9 Å². The van der Waals surface area contributed by atoms with Crippen molar-refractivity contribution in [3.8, 4) is 0 Å². The molecule has 0 atom stereocenters. The number of halogens is 1. The summed E-state index contributed by atoms with van der Waals surface area (Å²) >= 11 is 3.35. The van der Waals surface area contributed by atoms with E-state index in [2.05, 4.69) is 26.3 Å². The van der Waals surface area contributed by atoms with E-state index in [1.54, 1.807) is 6.20 Å². The highest BCUT2D eigenvalue weighted by molar-refractivity contribution is 9.10. The number of benzene rings is 1. The summed E-state index contributed by atoms with van der Waals surface area (Å²) < 4.78 is 2.82. The molecule has 0 saturated heterocycles. The van der Waals surface area contributed by atoms with Crippen molar-refractivity contribution in [2.75, 3.05) is 6.54 Å². The lowest BCUT2D eigenvalue weighted by Gasteiger charge is -2.07. The molecule has 0 aliphatic heterocycles. The summed E-state index contributed by atoms with van der Waals surface area (Å²) in [7, 11) is 0. The van der Waals surface area contributed by atoms with Gasteiger partial charge < -0.3 is 5.32 Å². The molecule has 20 heavy (non-hydrogen) atoms. The van der Waals surface area contributed by atoms with Crippen molar-refractivity contribution in [3.63, 3.8) is 0 Å². The monoisotopic (exact) mass is 335 g/mol. The van der Waals surface area contributed by atoms with Crippen LogP contribution in [0.5, 0.6) is 0 Å². The van der Waals surface area contributed by atoms with Gasteiger partial charge in [0, 0.05) is 24.8 Å². The average Bonchev–Trinajstić information content (AvgIpc) is 2.83. The molecule has 106 valence electrons. The number of hydrogen-bond donors (Lipinski definition) is 1. The number of nitrogens with zero attached hydrogens (tertiary/aromatic N) is 2. The van der Waals surface area contributed by atoms with Crippen LogP contribution < -0.4 is 5.32 Å². The van der Waals surface area contributed by atoms with Gasteiger partial charge in [-0.25, -0.2) is 0 Å². The zero-order chi connectivity index (χ0) is 14.5. The molecule has 0 aliphatic carbocycles. The maximum atomic E-state index is 12.0. The van der Waals surface area contributed by atoms with Crippen molar-refractivity contribution in [2.45, 2.75) is 26.8 Å². The Labute approximate surface area is 127 Å². The van der Waals surface area contributed by atoms with Crippen molar-refractivity contribution in [1.82, 2.24) is 15.1 Å². The number of amides is 1. The van der Waals surface area contributed by atoms with Crippen LogP contribution in [0, 0.1) is 13.8 Å². The molecule has 0 bridgehead atoms. The summed E-state index contributed by atoms with van der Waals surface area (Å²) in [5, 5.41) is 7.10. The molecule has 1 aromatic heterocycles. The fourth-order valence-electron chi connectivity index (χ4n) is 1.89. The predicted octanol–water partition coefficient (Wildman–Crippen LogP) is 3.08.